The molecule has 1 fully saturated rings. The summed E-state index contributed by atoms with van der Waals surface area (Å²) in [5, 5.41) is 3.47. The predicted octanol–water partition coefficient (Wildman–Crippen LogP) is -0.113. The maximum absolute atomic E-state index is 12.4. The quantitative estimate of drug-likeness (QED) is 0.689. The Balaban J connectivity index is 1.83. The van der Waals surface area contributed by atoms with Gasteiger partial charge < -0.3 is 10.5 Å². The molecule has 0 atom stereocenters. The fourth-order valence-corrected chi connectivity index (χ4v) is 4.91. The van der Waals surface area contributed by atoms with Crippen molar-refractivity contribution in [2.75, 3.05) is 19.7 Å². The van der Waals surface area contributed by atoms with Crippen LogP contribution in [0.15, 0.2) is 21.7 Å². The normalized spacial score (nSPS) is 16.5. The SMILES string of the molecule is NC(=O)NC(=O)COC(=O)C1CCN(S(=O)(=O)c2cccs2)CC1. The molecule has 11 heteroatoms. The first-order valence-corrected chi connectivity index (χ1v) is 9.42. The number of esters is 1. The lowest BCUT2D eigenvalue weighted by Gasteiger charge is -2.29. The van der Waals surface area contributed by atoms with E-state index in [-0.39, 0.29) is 17.3 Å². The van der Waals surface area contributed by atoms with Crippen LogP contribution in [0, 0.1) is 5.92 Å². The molecule has 0 aromatic carbocycles. The van der Waals surface area contributed by atoms with E-state index in [0.29, 0.717) is 12.8 Å². The molecular weight excluding hydrogens is 358 g/mol. The highest BCUT2D eigenvalue weighted by Crippen LogP contribution is 2.26. The van der Waals surface area contributed by atoms with E-state index in [2.05, 4.69) is 0 Å². The van der Waals surface area contributed by atoms with Gasteiger partial charge in [-0.2, -0.15) is 4.31 Å². The van der Waals surface area contributed by atoms with Gasteiger partial charge in [-0.25, -0.2) is 13.2 Å². The summed E-state index contributed by atoms with van der Waals surface area (Å²) >= 11 is 1.14. The van der Waals surface area contributed by atoms with E-state index >= 15 is 0 Å². The average molecular weight is 375 g/mol. The third-order valence-electron chi connectivity index (χ3n) is 3.48. The van der Waals surface area contributed by atoms with Crippen LogP contribution in [0.25, 0.3) is 0 Å². The second kappa shape index (κ2) is 7.73. The molecule has 0 spiro atoms. The van der Waals surface area contributed by atoms with Crippen LogP contribution in [0.2, 0.25) is 0 Å². The number of rotatable bonds is 5. The summed E-state index contributed by atoms with van der Waals surface area (Å²) in [7, 11) is -3.52. The van der Waals surface area contributed by atoms with E-state index in [1.807, 2.05) is 0 Å². The van der Waals surface area contributed by atoms with Crippen LogP contribution in [0.4, 0.5) is 4.79 Å². The summed E-state index contributed by atoms with van der Waals surface area (Å²) in [5.41, 5.74) is 4.77. The highest BCUT2D eigenvalue weighted by atomic mass is 32.2. The van der Waals surface area contributed by atoms with Crippen LogP contribution in [-0.4, -0.2) is 50.3 Å². The number of thiophene rings is 1. The number of ether oxygens (including phenoxy) is 1. The first-order chi connectivity index (χ1) is 11.3. The second-order valence-electron chi connectivity index (χ2n) is 5.13. The van der Waals surface area contributed by atoms with Gasteiger partial charge in [-0.3, -0.25) is 14.9 Å². The monoisotopic (exact) mass is 375 g/mol. The van der Waals surface area contributed by atoms with E-state index in [1.165, 1.54) is 10.4 Å². The minimum atomic E-state index is -3.52. The average Bonchev–Trinajstić information content (AvgIpc) is 3.07. The van der Waals surface area contributed by atoms with E-state index in [0.717, 1.165) is 11.3 Å². The summed E-state index contributed by atoms with van der Waals surface area (Å²) in [6.07, 6.45) is 0.613. The molecule has 0 aliphatic carbocycles. The van der Waals surface area contributed by atoms with Gasteiger partial charge in [-0.05, 0) is 24.3 Å². The zero-order valence-corrected chi connectivity index (χ0v) is 14.3. The number of primary amides is 1. The van der Waals surface area contributed by atoms with Gasteiger partial charge in [0.1, 0.15) is 4.21 Å². The van der Waals surface area contributed by atoms with E-state index in [4.69, 9.17) is 10.5 Å². The maximum Gasteiger partial charge on any atom is 0.318 e. The minimum absolute atomic E-state index is 0.202. The number of imide groups is 1. The Bertz CT molecular complexity index is 708. The number of urea groups is 1. The van der Waals surface area contributed by atoms with Gasteiger partial charge in [0.25, 0.3) is 15.9 Å². The lowest BCUT2D eigenvalue weighted by atomic mass is 9.98. The molecule has 0 saturated carbocycles. The van der Waals surface area contributed by atoms with Crippen molar-refractivity contribution in [3.8, 4) is 0 Å². The van der Waals surface area contributed by atoms with Crippen LogP contribution >= 0.6 is 11.3 Å². The van der Waals surface area contributed by atoms with E-state index in [9.17, 15) is 22.8 Å². The van der Waals surface area contributed by atoms with Gasteiger partial charge in [0, 0.05) is 13.1 Å². The predicted molar refractivity (Wildman–Crippen MR) is 84.5 cm³/mol. The Morgan fingerprint density at radius 1 is 1.33 bits per heavy atom. The number of hydrogen-bond donors (Lipinski definition) is 2. The number of nitrogens with zero attached hydrogens (tertiary/aromatic N) is 1. The number of piperidine rings is 1. The lowest BCUT2D eigenvalue weighted by Crippen LogP contribution is -2.41. The molecule has 1 aliphatic rings. The number of carbonyl (C=O) groups excluding carboxylic acids is 3. The smallest absolute Gasteiger partial charge is 0.318 e. The Morgan fingerprint density at radius 2 is 2.00 bits per heavy atom. The summed E-state index contributed by atoms with van der Waals surface area (Å²) < 4.78 is 31.2. The number of carbonyl (C=O) groups is 3. The first-order valence-electron chi connectivity index (χ1n) is 7.10. The van der Waals surface area contributed by atoms with Crippen LogP contribution < -0.4 is 11.1 Å². The van der Waals surface area contributed by atoms with Crippen molar-refractivity contribution in [3.63, 3.8) is 0 Å². The minimum Gasteiger partial charge on any atom is -0.455 e. The van der Waals surface area contributed by atoms with Crippen molar-refractivity contribution in [2.24, 2.45) is 11.7 Å². The van der Waals surface area contributed by atoms with Gasteiger partial charge in [-0.1, -0.05) is 6.07 Å². The summed E-state index contributed by atoms with van der Waals surface area (Å²) in [6, 6.07) is 2.18. The molecule has 2 heterocycles. The number of sulfonamides is 1. The Labute approximate surface area is 142 Å². The number of hydrogen-bond acceptors (Lipinski definition) is 7. The highest BCUT2D eigenvalue weighted by Gasteiger charge is 2.33. The number of nitrogens with two attached hydrogens (primary N) is 1. The van der Waals surface area contributed by atoms with Crippen molar-refractivity contribution >= 4 is 39.3 Å². The summed E-state index contributed by atoms with van der Waals surface area (Å²) in [6.45, 7) is -0.198. The largest absolute Gasteiger partial charge is 0.455 e. The summed E-state index contributed by atoms with van der Waals surface area (Å²) in [5.74, 6) is -1.89. The molecule has 3 amide bonds. The molecule has 3 N–H and O–H groups in total. The van der Waals surface area contributed by atoms with Gasteiger partial charge >= 0.3 is 12.0 Å². The molecule has 1 saturated heterocycles. The zero-order valence-electron chi connectivity index (χ0n) is 12.6. The molecule has 1 aliphatic heterocycles. The van der Waals surface area contributed by atoms with Gasteiger partial charge in [0.05, 0.1) is 5.92 Å². The maximum atomic E-state index is 12.4. The number of amides is 3. The molecule has 1 aromatic heterocycles. The molecule has 9 nitrogen and oxygen atoms in total. The standard InChI is InChI=1S/C13H17N3O6S2/c14-13(19)15-10(17)8-22-12(18)9-3-5-16(6-4-9)24(20,21)11-2-1-7-23-11/h1-2,7,9H,3-6,8H2,(H3,14,15,17,19). The Kier molecular flexibility index (Phi) is 5.91. The van der Waals surface area contributed by atoms with Crippen LogP contribution in [0.5, 0.6) is 0 Å². The van der Waals surface area contributed by atoms with Crippen molar-refractivity contribution in [3.05, 3.63) is 17.5 Å². The highest BCUT2D eigenvalue weighted by molar-refractivity contribution is 7.91. The molecule has 0 radical (unpaired) electrons. The molecule has 1 aromatic rings. The molecule has 0 bridgehead atoms. The Hall–Kier alpha value is -1.98. The van der Waals surface area contributed by atoms with Crippen molar-refractivity contribution in [1.29, 1.82) is 0 Å². The third-order valence-corrected chi connectivity index (χ3v) is 6.76. The van der Waals surface area contributed by atoms with Gasteiger partial charge in [0.15, 0.2) is 6.61 Å². The second-order valence-corrected chi connectivity index (χ2v) is 8.24. The fourth-order valence-electron chi connectivity index (χ4n) is 2.30. The molecular formula is C13H17N3O6S2. The number of nitrogens with one attached hydrogen (secondary N) is 1. The van der Waals surface area contributed by atoms with Crippen LogP contribution in [0.1, 0.15) is 12.8 Å². The van der Waals surface area contributed by atoms with Crippen molar-refractivity contribution in [2.45, 2.75) is 17.1 Å². The molecule has 24 heavy (non-hydrogen) atoms. The third kappa shape index (κ3) is 4.52. The van der Waals surface area contributed by atoms with Crippen LogP contribution in [0.3, 0.4) is 0 Å². The van der Waals surface area contributed by atoms with E-state index in [1.54, 1.807) is 16.8 Å². The zero-order chi connectivity index (χ0) is 17.7. The topological polar surface area (TPSA) is 136 Å². The van der Waals surface area contributed by atoms with Gasteiger partial charge in [-0.15, -0.1) is 11.3 Å². The molecule has 0 unspecified atom stereocenters. The first kappa shape index (κ1) is 18.4. The lowest BCUT2D eigenvalue weighted by molar-refractivity contribution is -0.153. The van der Waals surface area contributed by atoms with Crippen molar-refractivity contribution < 1.29 is 27.5 Å². The van der Waals surface area contributed by atoms with Crippen LogP contribution in [-0.2, 0) is 24.3 Å². The van der Waals surface area contributed by atoms with Crippen molar-refractivity contribution in [1.82, 2.24) is 9.62 Å². The molecule has 132 valence electrons. The summed E-state index contributed by atoms with van der Waals surface area (Å²) in [4.78, 5) is 33.5. The molecule has 2 rings (SSSR count). The fraction of sp³-hybridized carbons (Fsp3) is 0.462. The van der Waals surface area contributed by atoms with Gasteiger partial charge in [0.2, 0.25) is 0 Å². The Morgan fingerprint density at radius 3 is 2.54 bits per heavy atom. The van der Waals surface area contributed by atoms with E-state index < -0.39 is 40.5 Å².